The maximum absolute atomic E-state index is 12.2. The molecule has 0 spiro atoms. The average Bonchev–Trinajstić information content (AvgIpc) is 2.98. The molecule has 4 rings (SSSR count). The van der Waals surface area contributed by atoms with Crippen LogP contribution in [0.25, 0.3) is 11.0 Å². The molecule has 2 aromatic carbocycles. The molecule has 0 bridgehead atoms. The fraction of sp³-hybridized carbons (Fsp3) is 0.176. The topological polar surface area (TPSA) is 34.9 Å². The second-order valence-electron chi connectivity index (χ2n) is 5.35. The van der Waals surface area contributed by atoms with Crippen LogP contribution in [0, 0.1) is 6.92 Å². The molecule has 1 unspecified atom stereocenters. The second-order valence-corrected chi connectivity index (χ2v) is 5.35. The van der Waals surface area contributed by atoms with E-state index in [-0.39, 0.29) is 11.8 Å². The van der Waals surface area contributed by atoms with Crippen molar-refractivity contribution in [1.82, 2.24) is 9.55 Å². The second kappa shape index (κ2) is 4.04. The lowest BCUT2D eigenvalue weighted by Gasteiger charge is -2.14. The van der Waals surface area contributed by atoms with Gasteiger partial charge in [0.05, 0.1) is 17.1 Å². The van der Waals surface area contributed by atoms with E-state index in [0.29, 0.717) is 12.2 Å². The average molecular weight is 262 g/mol. The van der Waals surface area contributed by atoms with Crippen molar-refractivity contribution in [2.45, 2.75) is 19.4 Å². The number of hydrogen-bond donors (Lipinski definition) is 0. The standard InChI is InChI=1S/C17H14N2O/c1-11-7-8-13-15(9-11)19-14(10-16(20)17(19)18-13)12-5-3-2-4-6-12/h2-9,14H,10H2,1H3. The summed E-state index contributed by atoms with van der Waals surface area (Å²) in [5.74, 6) is 0.729. The normalized spacial score (nSPS) is 17.6. The minimum atomic E-state index is 0.0745. The van der Waals surface area contributed by atoms with E-state index < -0.39 is 0 Å². The van der Waals surface area contributed by atoms with Crippen LogP contribution in [0.2, 0.25) is 0 Å². The minimum Gasteiger partial charge on any atom is -0.313 e. The summed E-state index contributed by atoms with van der Waals surface area (Å²) in [5, 5.41) is 0. The molecular formula is C17H14N2O. The Morgan fingerprint density at radius 2 is 1.95 bits per heavy atom. The first-order chi connectivity index (χ1) is 9.74. The Balaban J connectivity index is 1.99. The zero-order valence-electron chi connectivity index (χ0n) is 11.2. The van der Waals surface area contributed by atoms with E-state index in [1.165, 1.54) is 11.1 Å². The monoisotopic (exact) mass is 262 g/mol. The van der Waals surface area contributed by atoms with Crippen LogP contribution in [0.1, 0.15) is 34.2 Å². The summed E-state index contributed by atoms with van der Waals surface area (Å²) >= 11 is 0. The van der Waals surface area contributed by atoms with Crippen LogP contribution in [0.5, 0.6) is 0 Å². The zero-order valence-corrected chi connectivity index (χ0v) is 11.2. The lowest BCUT2D eigenvalue weighted by molar-refractivity contribution is 0.0987. The molecule has 98 valence electrons. The molecule has 1 aliphatic rings. The van der Waals surface area contributed by atoms with Gasteiger partial charge in [0.1, 0.15) is 0 Å². The number of carbonyl (C=O) groups is 1. The van der Waals surface area contributed by atoms with E-state index in [9.17, 15) is 4.79 Å². The van der Waals surface area contributed by atoms with Crippen molar-refractivity contribution in [3.63, 3.8) is 0 Å². The molecule has 0 fully saturated rings. The first kappa shape index (κ1) is 11.4. The van der Waals surface area contributed by atoms with Gasteiger partial charge in [0.25, 0.3) is 0 Å². The zero-order chi connectivity index (χ0) is 13.7. The van der Waals surface area contributed by atoms with Crippen LogP contribution in [-0.2, 0) is 0 Å². The summed E-state index contributed by atoms with van der Waals surface area (Å²) in [7, 11) is 0. The lowest BCUT2D eigenvalue weighted by atomic mass is 10.0. The van der Waals surface area contributed by atoms with Gasteiger partial charge in [-0.25, -0.2) is 4.98 Å². The molecule has 0 radical (unpaired) electrons. The molecule has 1 atom stereocenters. The van der Waals surface area contributed by atoms with E-state index in [1.807, 2.05) is 30.3 Å². The maximum atomic E-state index is 12.2. The highest BCUT2D eigenvalue weighted by Crippen LogP contribution is 2.35. The van der Waals surface area contributed by atoms with Gasteiger partial charge in [-0.2, -0.15) is 0 Å². The van der Waals surface area contributed by atoms with Gasteiger partial charge in [0.2, 0.25) is 5.78 Å². The first-order valence-electron chi connectivity index (χ1n) is 6.81. The van der Waals surface area contributed by atoms with Gasteiger partial charge >= 0.3 is 0 Å². The van der Waals surface area contributed by atoms with E-state index >= 15 is 0 Å². The van der Waals surface area contributed by atoms with E-state index in [0.717, 1.165) is 11.0 Å². The Hall–Kier alpha value is -2.42. The third-order valence-electron chi connectivity index (χ3n) is 3.97. The fourth-order valence-corrected chi connectivity index (χ4v) is 3.02. The predicted molar refractivity (Wildman–Crippen MR) is 78.0 cm³/mol. The van der Waals surface area contributed by atoms with Crippen LogP contribution >= 0.6 is 0 Å². The van der Waals surface area contributed by atoms with Gasteiger partial charge in [-0.15, -0.1) is 0 Å². The molecule has 3 heteroatoms. The summed E-state index contributed by atoms with van der Waals surface area (Å²) in [6.07, 6.45) is 0.510. The van der Waals surface area contributed by atoms with Crippen LogP contribution in [0.15, 0.2) is 48.5 Å². The molecule has 3 aromatic rings. The van der Waals surface area contributed by atoms with Crippen LogP contribution in [-0.4, -0.2) is 15.3 Å². The van der Waals surface area contributed by atoms with Crippen molar-refractivity contribution in [1.29, 1.82) is 0 Å². The highest BCUT2D eigenvalue weighted by molar-refractivity contribution is 5.99. The van der Waals surface area contributed by atoms with Gasteiger partial charge in [-0.05, 0) is 30.2 Å². The van der Waals surface area contributed by atoms with Crippen LogP contribution < -0.4 is 0 Å². The number of aromatic nitrogens is 2. The summed E-state index contributed by atoms with van der Waals surface area (Å²) in [6, 6.07) is 16.4. The van der Waals surface area contributed by atoms with E-state index in [2.05, 4.69) is 34.7 Å². The Labute approximate surface area is 116 Å². The SMILES string of the molecule is Cc1ccc2nc3n(c2c1)C(c1ccccc1)CC3=O. The smallest absolute Gasteiger partial charge is 0.200 e. The van der Waals surface area contributed by atoms with Crippen molar-refractivity contribution in [3.05, 3.63) is 65.5 Å². The van der Waals surface area contributed by atoms with Crippen LogP contribution in [0.4, 0.5) is 0 Å². The molecule has 2 heterocycles. The number of aryl methyl sites for hydroxylation is 1. The number of hydrogen-bond acceptors (Lipinski definition) is 2. The van der Waals surface area contributed by atoms with Crippen molar-refractivity contribution in [3.8, 4) is 0 Å². The maximum Gasteiger partial charge on any atom is 0.200 e. The third kappa shape index (κ3) is 1.53. The summed E-state index contributed by atoms with van der Waals surface area (Å²) in [4.78, 5) is 16.7. The number of rotatable bonds is 1. The number of nitrogens with zero attached hydrogens (tertiary/aromatic N) is 2. The molecule has 0 N–H and O–H groups in total. The quantitative estimate of drug-likeness (QED) is 0.672. The van der Waals surface area contributed by atoms with E-state index in [4.69, 9.17) is 0 Å². The first-order valence-corrected chi connectivity index (χ1v) is 6.81. The molecule has 0 saturated heterocycles. The molecule has 0 amide bonds. The van der Waals surface area contributed by atoms with Gasteiger partial charge in [0.15, 0.2) is 5.82 Å². The van der Waals surface area contributed by atoms with Gasteiger partial charge in [0, 0.05) is 6.42 Å². The summed E-state index contributed by atoms with van der Waals surface area (Å²) in [5.41, 5.74) is 4.31. The van der Waals surface area contributed by atoms with Gasteiger partial charge in [-0.1, -0.05) is 36.4 Å². The number of Topliss-reactive ketones (excluding diaryl/α,β-unsaturated/α-hetero) is 1. The Kier molecular flexibility index (Phi) is 2.30. The summed E-state index contributed by atoms with van der Waals surface area (Å²) < 4.78 is 2.10. The largest absolute Gasteiger partial charge is 0.313 e. The highest BCUT2D eigenvalue weighted by atomic mass is 16.1. The highest BCUT2D eigenvalue weighted by Gasteiger charge is 2.33. The van der Waals surface area contributed by atoms with Crippen molar-refractivity contribution >= 4 is 16.8 Å². The number of ketones is 1. The van der Waals surface area contributed by atoms with Crippen molar-refractivity contribution in [2.75, 3.05) is 0 Å². The van der Waals surface area contributed by atoms with Gasteiger partial charge < -0.3 is 4.57 Å². The Morgan fingerprint density at radius 3 is 2.75 bits per heavy atom. The molecule has 1 aromatic heterocycles. The molecule has 3 nitrogen and oxygen atoms in total. The minimum absolute atomic E-state index is 0.0745. The Bertz CT molecular complexity index is 818. The van der Waals surface area contributed by atoms with Gasteiger partial charge in [-0.3, -0.25) is 4.79 Å². The van der Waals surface area contributed by atoms with Crippen molar-refractivity contribution < 1.29 is 4.79 Å². The number of carbonyl (C=O) groups excluding carboxylic acids is 1. The number of fused-ring (bicyclic) bond motifs is 3. The molecule has 0 aliphatic carbocycles. The number of imidazole rings is 1. The van der Waals surface area contributed by atoms with E-state index in [1.54, 1.807) is 0 Å². The van der Waals surface area contributed by atoms with Crippen molar-refractivity contribution in [2.24, 2.45) is 0 Å². The predicted octanol–water partition coefficient (Wildman–Crippen LogP) is 3.52. The molecular weight excluding hydrogens is 248 g/mol. The van der Waals surface area contributed by atoms with Crippen LogP contribution in [0.3, 0.4) is 0 Å². The number of benzene rings is 2. The summed E-state index contributed by atoms with van der Waals surface area (Å²) in [6.45, 7) is 2.06. The Morgan fingerprint density at radius 1 is 1.15 bits per heavy atom. The molecule has 20 heavy (non-hydrogen) atoms. The third-order valence-corrected chi connectivity index (χ3v) is 3.97. The lowest BCUT2D eigenvalue weighted by Crippen LogP contribution is -2.05. The molecule has 0 saturated carbocycles. The fourth-order valence-electron chi connectivity index (χ4n) is 3.02. The molecule has 1 aliphatic heterocycles.